The van der Waals surface area contributed by atoms with Crippen LogP contribution < -0.4 is 15.5 Å². The van der Waals surface area contributed by atoms with E-state index in [1.807, 2.05) is 49.3 Å². The van der Waals surface area contributed by atoms with Gasteiger partial charge >= 0.3 is 0 Å². The first kappa shape index (κ1) is 15.9. The Labute approximate surface area is 131 Å². The minimum Gasteiger partial charge on any atom is -0.378 e. The van der Waals surface area contributed by atoms with Gasteiger partial charge in [-0.1, -0.05) is 6.07 Å². The lowest BCUT2D eigenvalue weighted by atomic mass is 10.2. The van der Waals surface area contributed by atoms with Crippen molar-refractivity contribution >= 4 is 17.3 Å². The molecule has 6 heteroatoms. The highest BCUT2D eigenvalue weighted by Gasteiger charge is 2.19. The van der Waals surface area contributed by atoms with Gasteiger partial charge in [0.1, 0.15) is 11.6 Å². The number of amides is 1. The second-order valence-corrected chi connectivity index (χ2v) is 5.30. The number of nitrogens with one attached hydrogen (secondary N) is 2. The SMILES string of the molecule is CN(C)c1cccc(N/C=C(/C#N)C(=O)N2CCNCC2)c1. The van der Waals surface area contributed by atoms with Gasteiger partial charge in [-0.15, -0.1) is 0 Å². The summed E-state index contributed by atoms with van der Waals surface area (Å²) in [6, 6.07) is 9.76. The molecule has 1 amide bonds. The first-order valence-corrected chi connectivity index (χ1v) is 7.26. The van der Waals surface area contributed by atoms with Crippen LogP contribution in [0.25, 0.3) is 0 Å². The molecule has 1 aromatic carbocycles. The van der Waals surface area contributed by atoms with Crippen molar-refractivity contribution < 1.29 is 4.79 Å². The summed E-state index contributed by atoms with van der Waals surface area (Å²) >= 11 is 0. The maximum absolute atomic E-state index is 12.3. The molecule has 0 aromatic heterocycles. The molecule has 1 aliphatic heterocycles. The lowest BCUT2D eigenvalue weighted by molar-refractivity contribution is -0.127. The van der Waals surface area contributed by atoms with Crippen LogP contribution in [0.4, 0.5) is 11.4 Å². The Balaban J connectivity index is 2.07. The van der Waals surface area contributed by atoms with E-state index < -0.39 is 0 Å². The average molecular weight is 299 g/mol. The van der Waals surface area contributed by atoms with Crippen LogP contribution in [0.2, 0.25) is 0 Å². The molecular weight excluding hydrogens is 278 g/mol. The molecule has 2 N–H and O–H groups in total. The van der Waals surface area contributed by atoms with Gasteiger partial charge in [-0.3, -0.25) is 4.79 Å². The van der Waals surface area contributed by atoms with Crippen LogP contribution in [0.5, 0.6) is 0 Å². The van der Waals surface area contributed by atoms with Gasteiger partial charge in [-0.05, 0) is 18.2 Å². The molecule has 1 aliphatic rings. The predicted molar refractivity (Wildman–Crippen MR) is 87.5 cm³/mol. The van der Waals surface area contributed by atoms with Gasteiger partial charge in [0.2, 0.25) is 0 Å². The van der Waals surface area contributed by atoms with Gasteiger partial charge in [0.05, 0.1) is 0 Å². The van der Waals surface area contributed by atoms with Crippen LogP contribution in [0.1, 0.15) is 0 Å². The molecule has 0 aliphatic carbocycles. The summed E-state index contributed by atoms with van der Waals surface area (Å²) in [4.78, 5) is 16.0. The third-order valence-electron chi connectivity index (χ3n) is 3.50. The lowest BCUT2D eigenvalue weighted by Crippen LogP contribution is -2.46. The molecule has 6 nitrogen and oxygen atoms in total. The van der Waals surface area contributed by atoms with Crippen molar-refractivity contribution in [1.29, 1.82) is 5.26 Å². The molecule has 1 saturated heterocycles. The molecule has 1 heterocycles. The highest BCUT2D eigenvalue weighted by Crippen LogP contribution is 2.17. The van der Waals surface area contributed by atoms with Gasteiger partial charge in [0, 0.05) is 57.8 Å². The van der Waals surface area contributed by atoms with Crippen molar-refractivity contribution in [3.63, 3.8) is 0 Å². The molecule has 2 rings (SSSR count). The van der Waals surface area contributed by atoms with E-state index in [0.717, 1.165) is 24.5 Å². The fourth-order valence-corrected chi connectivity index (χ4v) is 2.21. The fraction of sp³-hybridized carbons (Fsp3) is 0.375. The quantitative estimate of drug-likeness (QED) is 0.641. The number of nitrogens with zero attached hydrogens (tertiary/aromatic N) is 3. The summed E-state index contributed by atoms with van der Waals surface area (Å²) in [5.41, 5.74) is 2.01. The number of rotatable bonds is 4. The number of piperazine rings is 1. The van der Waals surface area contributed by atoms with Crippen molar-refractivity contribution in [2.24, 2.45) is 0 Å². The Morgan fingerprint density at radius 1 is 1.41 bits per heavy atom. The summed E-state index contributed by atoms with van der Waals surface area (Å²) < 4.78 is 0. The molecule has 0 saturated carbocycles. The molecule has 22 heavy (non-hydrogen) atoms. The van der Waals surface area contributed by atoms with E-state index in [9.17, 15) is 10.1 Å². The number of carbonyl (C=O) groups excluding carboxylic acids is 1. The molecule has 116 valence electrons. The Morgan fingerprint density at radius 2 is 2.14 bits per heavy atom. The topological polar surface area (TPSA) is 71.4 Å². The number of hydrogen-bond donors (Lipinski definition) is 2. The lowest BCUT2D eigenvalue weighted by Gasteiger charge is -2.27. The number of benzene rings is 1. The van der Waals surface area contributed by atoms with Gasteiger partial charge < -0.3 is 20.4 Å². The molecule has 1 aromatic rings. The van der Waals surface area contributed by atoms with E-state index >= 15 is 0 Å². The normalized spacial score (nSPS) is 15.1. The third-order valence-corrected chi connectivity index (χ3v) is 3.50. The molecule has 0 unspecified atom stereocenters. The molecule has 0 spiro atoms. The first-order chi connectivity index (χ1) is 10.6. The zero-order chi connectivity index (χ0) is 15.9. The van der Waals surface area contributed by atoms with E-state index in [0.29, 0.717) is 13.1 Å². The van der Waals surface area contributed by atoms with Crippen molar-refractivity contribution in [3.8, 4) is 6.07 Å². The molecule has 0 radical (unpaired) electrons. The Hall–Kier alpha value is -2.52. The summed E-state index contributed by atoms with van der Waals surface area (Å²) in [5.74, 6) is -0.222. The zero-order valence-corrected chi connectivity index (χ0v) is 13.0. The zero-order valence-electron chi connectivity index (χ0n) is 13.0. The van der Waals surface area contributed by atoms with Crippen molar-refractivity contribution in [1.82, 2.24) is 10.2 Å². The molecular formula is C16H21N5O. The predicted octanol–water partition coefficient (Wildman–Crippen LogP) is 1.00. The average Bonchev–Trinajstić information content (AvgIpc) is 2.56. The number of carbonyl (C=O) groups is 1. The minimum absolute atomic E-state index is 0.122. The van der Waals surface area contributed by atoms with Crippen molar-refractivity contribution in [3.05, 3.63) is 36.0 Å². The summed E-state index contributed by atoms with van der Waals surface area (Å²) in [7, 11) is 3.92. The van der Waals surface area contributed by atoms with Crippen LogP contribution in [0.15, 0.2) is 36.0 Å². The largest absolute Gasteiger partial charge is 0.378 e. The Bertz CT molecular complexity index is 597. The number of hydrogen-bond acceptors (Lipinski definition) is 5. The van der Waals surface area contributed by atoms with E-state index in [-0.39, 0.29) is 11.5 Å². The highest BCUT2D eigenvalue weighted by atomic mass is 16.2. The smallest absolute Gasteiger partial charge is 0.266 e. The molecule has 1 fully saturated rings. The third kappa shape index (κ3) is 3.99. The van der Waals surface area contributed by atoms with Gasteiger partial charge in [0.25, 0.3) is 5.91 Å². The summed E-state index contributed by atoms with van der Waals surface area (Å²) in [6.45, 7) is 2.80. The van der Waals surface area contributed by atoms with E-state index in [4.69, 9.17) is 0 Å². The van der Waals surface area contributed by atoms with Crippen LogP contribution in [0.3, 0.4) is 0 Å². The van der Waals surface area contributed by atoms with Crippen LogP contribution >= 0.6 is 0 Å². The van der Waals surface area contributed by atoms with E-state index in [1.54, 1.807) is 4.90 Å². The van der Waals surface area contributed by atoms with Crippen LogP contribution in [0, 0.1) is 11.3 Å². The summed E-state index contributed by atoms with van der Waals surface area (Å²) in [6.07, 6.45) is 1.49. The van der Waals surface area contributed by atoms with Gasteiger partial charge in [-0.25, -0.2) is 0 Å². The maximum Gasteiger partial charge on any atom is 0.266 e. The maximum atomic E-state index is 12.3. The monoisotopic (exact) mass is 299 g/mol. The second-order valence-electron chi connectivity index (χ2n) is 5.30. The second kappa shape index (κ2) is 7.48. The number of nitriles is 1. The first-order valence-electron chi connectivity index (χ1n) is 7.26. The number of anilines is 2. The van der Waals surface area contributed by atoms with E-state index in [1.165, 1.54) is 6.20 Å². The molecule has 0 atom stereocenters. The highest BCUT2D eigenvalue weighted by molar-refractivity contribution is 5.97. The Kier molecular flexibility index (Phi) is 5.39. The summed E-state index contributed by atoms with van der Waals surface area (Å²) in [5, 5.41) is 15.4. The van der Waals surface area contributed by atoms with Crippen LogP contribution in [-0.2, 0) is 4.79 Å². The van der Waals surface area contributed by atoms with Crippen molar-refractivity contribution in [2.75, 3.05) is 50.5 Å². The molecule has 0 bridgehead atoms. The fourth-order valence-electron chi connectivity index (χ4n) is 2.21. The Morgan fingerprint density at radius 3 is 2.77 bits per heavy atom. The van der Waals surface area contributed by atoms with Crippen molar-refractivity contribution in [2.45, 2.75) is 0 Å². The van der Waals surface area contributed by atoms with Gasteiger partial charge in [0.15, 0.2) is 0 Å². The minimum atomic E-state index is -0.222. The standard InChI is InChI=1S/C16H21N5O/c1-20(2)15-5-3-4-14(10-15)19-12-13(11-17)16(22)21-8-6-18-7-9-21/h3-5,10,12,18-19H,6-9H2,1-2H3/b13-12-. The van der Waals surface area contributed by atoms with Gasteiger partial charge in [-0.2, -0.15) is 5.26 Å². The van der Waals surface area contributed by atoms with E-state index in [2.05, 4.69) is 10.6 Å². The van der Waals surface area contributed by atoms with Crippen LogP contribution in [-0.4, -0.2) is 51.1 Å².